The van der Waals surface area contributed by atoms with Crippen molar-refractivity contribution >= 4 is 5.91 Å². The summed E-state index contributed by atoms with van der Waals surface area (Å²) in [5.74, 6) is 0.167. The lowest BCUT2D eigenvalue weighted by molar-refractivity contribution is -0.885. The van der Waals surface area contributed by atoms with Gasteiger partial charge in [-0.25, -0.2) is 0 Å². The van der Waals surface area contributed by atoms with Crippen LogP contribution in [0.25, 0.3) is 0 Å². The first-order valence-electron chi connectivity index (χ1n) is 7.99. The normalized spacial score (nSPS) is 13.7. The van der Waals surface area contributed by atoms with E-state index in [1.807, 2.05) is 13.8 Å². The molecule has 0 aliphatic rings. The van der Waals surface area contributed by atoms with E-state index in [0.717, 1.165) is 41.4 Å². The molecule has 0 aromatic carbocycles. The predicted molar refractivity (Wildman–Crippen MR) is 90.7 cm³/mol. The van der Waals surface area contributed by atoms with Crippen molar-refractivity contribution in [2.45, 2.75) is 33.6 Å². The molecule has 4 heteroatoms. The summed E-state index contributed by atoms with van der Waals surface area (Å²) < 4.78 is 1.80. The summed E-state index contributed by atoms with van der Waals surface area (Å²) in [6, 6.07) is 0. The zero-order valence-corrected chi connectivity index (χ0v) is 15.5. The van der Waals surface area contributed by atoms with Crippen LogP contribution in [0.3, 0.4) is 0 Å². The van der Waals surface area contributed by atoms with Crippen molar-refractivity contribution in [1.29, 1.82) is 0 Å². The lowest BCUT2D eigenvalue weighted by Gasteiger charge is -2.29. The van der Waals surface area contributed by atoms with Crippen LogP contribution < -0.4 is 5.32 Å². The molecular formula is C17H37N3O+2. The van der Waals surface area contributed by atoms with Gasteiger partial charge in [0.1, 0.15) is 6.54 Å². The highest BCUT2D eigenvalue weighted by molar-refractivity contribution is 5.81. The lowest BCUT2D eigenvalue weighted by atomic mass is 9.89. The third-order valence-electron chi connectivity index (χ3n) is 3.88. The number of nitrogens with one attached hydrogen (secondary N) is 1. The van der Waals surface area contributed by atoms with E-state index in [0.29, 0.717) is 0 Å². The standard InChI is InChI=1S/C17H36N3O/c1-9-17(2,3)16(21)18-12-10-14-20(7,8)15-11-13-19(4,5)6/h11,13H,9-10,12,14-15H2,1-8H3/q+1/p+1/b13-11-. The quantitative estimate of drug-likeness (QED) is 0.513. The minimum absolute atomic E-state index is 0.167. The van der Waals surface area contributed by atoms with Gasteiger partial charge < -0.3 is 14.3 Å². The molecule has 1 N–H and O–H groups in total. The van der Waals surface area contributed by atoms with Crippen molar-refractivity contribution in [3.8, 4) is 0 Å². The van der Waals surface area contributed by atoms with E-state index in [1.165, 1.54) is 0 Å². The predicted octanol–water partition coefficient (Wildman–Crippen LogP) is 2.23. The summed E-state index contributed by atoms with van der Waals surface area (Å²) in [7, 11) is 10.9. The second-order valence-corrected chi connectivity index (χ2v) is 8.19. The van der Waals surface area contributed by atoms with Crippen molar-refractivity contribution in [3.63, 3.8) is 0 Å². The van der Waals surface area contributed by atoms with E-state index in [1.54, 1.807) is 0 Å². The van der Waals surface area contributed by atoms with Gasteiger partial charge in [0, 0.05) is 24.5 Å². The van der Waals surface area contributed by atoms with Crippen LogP contribution in [0.15, 0.2) is 12.3 Å². The summed E-state index contributed by atoms with van der Waals surface area (Å²) in [5, 5.41) is 3.06. The maximum absolute atomic E-state index is 12.0. The van der Waals surface area contributed by atoms with E-state index < -0.39 is 0 Å². The summed E-state index contributed by atoms with van der Waals surface area (Å²) in [5.41, 5.74) is -0.252. The highest BCUT2D eigenvalue weighted by atomic mass is 16.2. The molecule has 0 aliphatic carbocycles. The monoisotopic (exact) mass is 299 g/mol. The van der Waals surface area contributed by atoms with E-state index in [9.17, 15) is 4.79 Å². The van der Waals surface area contributed by atoms with Crippen molar-refractivity contribution in [2.24, 2.45) is 5.41 Å². The number of hydrogen-bond acceptors (Lipinski definition) is 1. The molecule has 21 heavy (non-hydrogen) atoms. The van der Waals surface area contributed by atoms with E-state index >= 15 is 0 Å². The van der Waals surface area contributed by atoms with Gasteiger partial charge in [0.15, 0.2) is 0 Å². The Bertz CT molecular complexity index is 352. The number of rotatable bonds is 9. The fraction of sp³-hybridized carbons (Fsp3) is 0.824. The highest BCUT2D eigenvalue weighted by Gasteiger charge is 2.24. The van der Waals surface area contributed by atoms with Crippen LogP contribution in [0.1, 0.15) is 33.6 Å². The Hall–Kier alpha value is -0.870. The molecule has 0 bridgehead atoms. The number of hydrogen-bond donors (Lipinski definition) is 1. The molecule has 0 aromatic heterocycles. The fourth-order valence-corrected chi connectivity index (χ4v) is 1.85. The average molecular weight is 300 g/mol. The Kier molecular flexibility index (Phi) is 7.62. The van der Waals surface area contributed by atoms with Crippen LogP contribution in [0.5, 0.6) is 0 Å². The van der Waals surface area contributed by atoms with Gasteiger partial charge in [-0.05, 0) is 6.42 Å². The van der Waals surface area contributed by atoms with Gasteiger partial charge in [-0.15, -0.1) is 0 Å². The van der Waals surface area contributed by atoms with Gasteiger partial charge in [0.2, 0.25) is 5.91 Å². The van der Waals surface area contributed by atoms with Gasteiger partial charge in [-0.3, -0.25) is 4.79 Å². The zero-order valence-electron chi connectivity index (χ0n) is 15.5. The van der Waals surface area contributed by atoms with Gasteiger partial charge in [0.25, 0.3) is 0 Å². The first kappa shape index (κ1) is 20.1. The fourth-order valence-electron chi connectivity index (χ4n) is 1.85. The average Bonchev–Trinajstić information content (AvgIpc) is 2.32. The third kappa shape index (κ3) is 9.64. The number of nitrogens with zero attached hydrogens (tertiary/aromatic N) is 2. The summed E-state index contributed by atoms with van der Waals surface area (Å²) >= 11 is 0. The molecule has 1 amide bonds. The third-order valence-corrected chi connectivity index (χ3v) is 3.88. The Morgan fingerprint density at radius 3 is 2.19 bits per heavy atom. The van der Waals surface area contributed by atoms with Gasteiger partial charge in [-0.1, -0.05) is 20.8 Å². The molecule has 0 rings (SSSR count). The number of carbonyl (C=O) groups is 1. The Morgan fingerprint density at radius 1 is 1.14 bits per heavy atom. The lowest BCUT2D eigenvalue weighted by Crippen LogP contribution is -2.43. The molecule has 0 unspecified atom stereocenters. The molecular weight excluding hydrogens is 262 g/mol. The topological polar surface area (TPSA) is 29.1 Å². The molecule has 0 saturated carbocycles. The van der Waals surface area contributed by atoms with Gasteiger partial charge in [-0.2, -0.15) is 0 Å². The Labute approximate surface area is 132 Å². The molecule has 0 atom stereocenters. The van der Waals surface area contributed by atoms with Crippen LogP contribution in [-0.4, -0.2) is 69.7 Å². The second-order valence-electron chi connectivity index (χ2n) is 8.19. The largest absolute Gasteiger partial charge is 0.355 e. The highest BCUT2D eigenvalue weighted by Crippen LogP contribution is 2.19. The Balaban J connectivity index is 4.06. The van der Waals surface area contributed by atoms with Crippen molar-refractivity contribution < 1.29 is 13.8 Å². The van der Waals surface area contributed by atoms with Crippen LogP contribution in [-0.2, 0) is 4.79 Å². The first-order valence-corrected chi connectivity index (χ1v) is 7.99. The number of amides is 1. The van der Waals surface area contributed by atoms with Crippen LogP contribution >= 0.6 is 0 Å². The smallest absolute Gasteiger partial charge is 0.225 e. The van der Waals surface area contributed by atoms with Gasteiger partial charge in [0.05, 0.1) is 48.0 Å². The first-order chi connectivity index (χ1) is 9.40. The molecule has 0 spiro atoms. The molecule has 0 heterocycles. The minimum Gasteiger partial charge on any atom is -0.355 e. The molecule has 0 aromatic rings. The molecule has 4 nitrogen and oxygen atoms in total. The second kappa shape index (κ2) is 7.95. The van der Waals surface area contributed by atoms with Crippen molar-refractivity contribution in [2.75, 3.05) is 54.9 Å². The molecule has 0 aliphatic heterocycles. The van der Waals surface area contributed by atoms with Crippen LogP contribution in [0.2, 0.25) is 0 Å². The SMILES string of the molecule is CCC(C)(C)C(=O)NCCC[N+](C)(C)C/C=C\[N+](C)(C)C. The van der Waals surface area contributed by atoms with Crippen LogP contribution in [0.4, 0.5) is 0 Å². The number of quaternary nitrogens is 2. The minimum atomic E-state index is -0.252. The molecule has 0 radical (unpaired) electrons. The summed E-state index contributed by atoms with van der Waals surface area (Å²) in [4.78, 5) is 12.0. The maximum atomic E-state index is 12.0. The molecule has 0 saturated heterocycles. The summed E-state index contributed by atoms with van der Waals surface area (Å²) in [6.45, 7) is 8.90. The van der Waals surface area contributed by atoms with E-state index in [2.05, 4.69) is 59.8 Å². The number of likely N-dealkylation sites (N-methyl/N-ethyl adjacent to an activating group) is 1. The van der Waals surface area contributed by atoms with Crippen LogP contribution in [0, 0.1) is 5.41 Å². The van der Waals surface area contributed by atoms with Gasteiger partial charge >= 0.3 is 0 Å². The summed E-state index contributed by atoms with van der Waals surface area (Å²) in [6.07, 6.45) is 6.34. The van der Waals surface area contributed by atoms with E-state index in [4.69, 9.17) is 0 Å². The Morgan fingerprint density at radius 2 is 1.71 bits per heavy atom. The van der Waals surface area contributed by atoms with E-state index in [-0.39, 0.29) is 11.3 Å². The molecule has 124 valence electrons. The number of carbonyl (C=O) groups excluding carboxylic acids is 1. The maximum Gasteiger partial charge on any atom is 0.225 e. The van der Waals surface area contributed by atoms with Crippen molar-refractivity contribution in [1.82, 2.24) is 5.32 Å². The van der Waals surface area contributed by atoms with Crippen molar-refractivity contribution in [3.05, 3.63) is 12.3 Å². The molecule has 0 fully saturated rings. The zero-order chi connectivity index (χ0) is 16.7.